The lowest BCUT2D eigenvalue weighted by Gasteiger charge is -2.15. The maximum Gasteiger partial charge on any atom is 0.415 e. The molecule has 0 fully saturated rings. The number of aliphatic hydroxyl groups excluding tert-OH is 1. The van der Waals surface area contributed by atoms with Gasteiger partial charge in [-0.2, -0.15) is 13.2 Å². The van der Waals surface area contributed by atoms with Crippen LogP contribution in [0.2, 0.25) is 0 Å². The van der Waals surface area contributed by atoms with Crippen molar-refractivity contribution in [2.45, 2.75) is 12.3 Å². The van der Waals surface area contributed by atoms with Gasteiger partial charge < -0.3 is 15.2 Å². The third-order valence-electron chi connectivity index (χ3n) is 2.06. The first kappa shape index (κ1) is 15.3. The van der Waals surface area contributed by atoms with Crippen molar-refractivity contribution in [3.63, 3.8) is 0 Å². The first-order chi connectivity index (χ1) is 8.39. The molecule has 0 radical (unpaired) electrons. The zero-order valence-corrected chi connectivity index (χ0v) is 11.0. The number of rotatable bonds is 6. The predicted octanol–water partition coefficient (Wildman–Crippen LogP) is 2.34. The summed E-state index contributed by atoms with van der Waals surface area (Å²) in [5, 5.41) is 11.2. The number of nitrogens with one attached hydrogen (secondary N) is 1. The molecular weight excluding hydrogens is 315 g/mol. The van der Waals surface area contributed by atoms with Crippen molar-refractivity contribution in [3.05, 3.63) is 28.7 Å². The van der Waals surface area contributed by atoms with E-state index in [0.717, 1.165) is 4.47 Å². The van der Waals surface area contributed by atoms with Gasteiger partial charge in [0.15, 0.2) is 6.10 Å². The largest absolute Gasteiger partial charge is 0.492 e. The third kappa shape index (κ3) is 5.70. The van der Waals surface area contributed by atoms with Gasteiger partial charge in [0.25, 0.3) is 0 Å². The van der Waals surface area contributed by atoms with Gasteiger partial charge in [-0.05, 0) is 18.2 Å². The van der Waals surface area contributed by atoms with Crippen molar-refractivity contribution in [3.8, 4) is 5.75 Å². The Morgan fingerprint density at radius 2 is 2.11 bits per heavy atom. The number of halogens is 4. The lowest BCUT2D eigenvalue weighted by molar-refractivity contribution is -0.201. The fraction of sp³-hybridized carbons (Fsp3) is 0.455. The van der Waals surface area contributed by atoms with Crippen LogP contribution in [-0.2, 0) is 0 Å². The second-order valence-corrected chi connectivity index (χ2v) is 4.48. The normalized spacial score (nSPS) is 13.4. The van der Waals surface area contributed by atoms with Gasteiger partial charge in [0, 0.05) is 17.6 Å². The minimum absolute atomic E-state index is 0.222. The highest BCUT2D eigenvalue weighted by Gasteiger charge is 2.37. The van der Waals surface area contributed by atoms with Crippen LogP contribution >= 0.6 is 15.9 Å². The molecule has 0 spiro atoms. The van der Waals surface area contributed by atoms with Crippen molar-refractivity contribution >= 4 is 15.9 Å². The van der Waals surface area contributed by atoms with Gasteiger partial charge in [-0.1, -0.05) is 22.0 Å². The molecule has 2 N–H and O–H groups in total. The van der Waals surface area contributed by atoms with Gasteiger partial charge in [-0.3, -0.25) is 0 Å². The molecule has 0 aliphatic heterocycles. The number of hydrogen-bond acceptors (Lipinski definition) is 3. The van der Waals surface area contributed by atoms with E-state index in [1.807, 2.05) is 6.07 Å². The van der Waals surface area contributed by atoms with Crippen LogP contribution in [-0.4, -0.2) is 37.1 Å². The van der Waals surface area contributed by atoms with E-state index in [1.165, 1.54) is 0 Å². The number of aliphatic hydroxyl groups is 1. The molecule has 0 aliphatic rings. The molecule has 1 aromatic rings. The van der Waals surface area contributed by atoms with E-state index < -0.39 is 18.8 Å². The maximum absolute atomic E-state index is 11.9. The van der Waals surface area contributed by atoms with Crippen molar-refractivity contribution in [2.24, 2.45) is 0 Å². The van der Waals surface area contributed by atoms with E-state index in [0.29, 0.717) is 5.75 Å². The Morgan fingerprint density at radius 3 is 2.72 bits per heavy atom. The minimum Gasteiger partial charge on any atom is -0.492 e. The van der Waals surface area contributed by atoms with E-state index >= 15 is 0 Å². The summed E-state index contributed by atoms with van der Waals surface area (Å²) in [6.07, 6.45) is -6.93. The van der Waals surface area contributed by atoms with Crippen LogP contribution in [0.3, 0.4) is 0 Å². The highest BCUT2D eigenvalue weighted by Crippen LogP contribution is 2.19. The Morgan fingerprint density at radius 1 is 1.39 bits per heavy atom. The number of hydrogen-bond donors (Lipinski definition) is 2. The molecule has 0 aliphatic carbocycles. The molecule has 3 nitrogen and oxygen atoms in total. The fourth-order valence-electron chi connectivity index (χ4n) is 1.15. The van der Waals surface area contributed by atoms with Gasteiger partial charge in [0.2, 0.25) is 0 Å². The standard InChI is InChI=1S/C11H13BrF3NO2/c12-8-2-1-3-9(6-8)18-5-4-16-7-10(17)11(13,14)15/h1-3,6,10,16-17H,4-5,7H2. The van der Waals surface area contributed by atoms with E-state index in [1.54, 1.807) is 18.2 Å². The molecule has 1 rings (SSSR count). The van der Waals surface area contributed by atoms with Crippen LogP contribution in [0.5, 0.6) is 5.75 Å². The molecule has 0 amide bonds. The highest BCUT2D eigenvalue weighted by molar-refractivity contribution is 9.10. The van der Waals surface area contributed by atoms with Crippen molar-refractivity contribution in [2.75, 3.05) is 19.7 Å². The Hall–Kier alpha value is -0.790. The van der Waals surface area contributed by atoms with Crippen LogP contribution in [0.25, 0.3) is 0 Å². The van der Waals surface area contributed by atoms with E-state index in [2.05, 4.69) is 21.2 Å². The average Bonchev–Trinajstić information content (AvgIpc) is 2.27. The summed E-state index contributed by atoms with van der Waals surface area (Å²) in [6.45, 7) is -0.0912. The second kappa shape index (κ2) is 6.96. The molecular formula is C11H13BrF3NO2. The smallest absolute Gasteiger partial charge is 0.415 e. The van der Waals surface area contributed by atoms with Crippen LogP contribution in [0.15, 0.2) is 28.7 Å². The molecule has 7 heteroatoms. The molecule has 102 valence electrons. The second-order valence-electron chi connectivity index (χ2n) is 3.57. The summed E-state index contributed by atoms with van der Waals surface area (Å²) in [4.78, 5) is 0. The summed E-state index contributed by atoms with van der Waals surface area (Å²) in [5.41, 5.74) is 0. The number of ether oxygens (including phenoxy) is 1. The molecule has 18 heavy (non-hydrogen) atoms. The fourth-order valence-corrected chi connectivity index (χ4v) is 1.53. The van der Waals surface area contributed by atoms with Crippen LogP contribution in [0.1, 0.15) is 0 Å². The van der Waals surface area contributed by atoms with Crippen molar-refractivity contribution in [1.29, 1.82) is 0 Å². The summed E-state index contributed by atoms with van der Waals surface area (Å²) in [6, 6.07) is 7.13. The van der Waals surface area contributed by atoms with Gasteiger partial charge in [-0.25, -0.2) is 0 Å². The highest BCUT2D eigenvalue weighted by atomic mass is 79.9. The van der Waals surface area contributed by atoms with Gasteiger partial charge in [0.05, 0.1) is 0 Å². The zero-order valence-electron chi connectivity index (χ0n) is 9.38. The van der Waals surface area contributed by atoms with Crippen molar-refractivity contribution < 1.29 is 23.0 Å². The van der Waals surface area contributed by atoms with Crippen molar-refractivity contribution in [1.82, 2.24) is 5.32 Å². The van der Waals surface area contributed by atoms with E-state index in [9.17, 15) is 13.2 Å². The molecule has 0 heterocycles. The number of alkyl halides is 3. The summed E-state index contributed by atoms with van der Waals surface area (Å²) in [5.74, 6) is 0.627. The quantitative estimate of drug-likeness (QED) is 0.788. The first-order valence-corrected chi connectivity index (χ1v) is 6.03. The SMILES string of the molecule is OC(CNCCOc1cccc(Br)c1)C(F)(F)F. The molecule has 0 saturated carbocycles. The Bertz CT molecular complexity index is 374. The van der Waals surface area contributed by atoms with Gasteiger partial charge >= 0.3 is 6.18 Å². The molecule has 0 saturated heterocycles. The number of benzene rings is 1. The molecule has 0 bridgehead atoms. The predicted molar refractivity (Wildman–Crippen MR) is 64.6 cm³/mol. The van der Waals surface area contributed by atoms with Crippen LogP contribution < -0.4 is 10.1 Å². The van der Waals surface area contributed by atoms with Crippen LogP contribution in [0.4, 0.5) is 13.2 Å². The lowest BCUT2D eigenvalue weighted by Crippen LogP contribution is -2.39. The topological polar surface area (TPSA) is 41.5 Å². The molecule has 1 unspecified atom stereocenters. The summed E-state index contributed by atoms with van der Waals surface area (Å²) < 4.78 is 42.0. The Kier molecular flexibility index (Phi) is 5.90. The summed E-state index contributed by atoms with van der Waals surface area (Å²) in [7, 11) is 0. The zero-order chi connectivity index (χ0) is 13.6. The first-order valence-electron chi connectivity index (χ1n) is 5.23. The van der Waals surface area contributed by atoms with E-state index in [-0.39, 0.29) is 13.2 Å². The monoisotopic (exact) mass is 327 g/mol. The molecule has 0 aromatic heterocycles. The Balaban J connectivity index is 2.16. The van der Waals surface area contributed by atoms with Gasteiger partial charge in [0.1, 0.15) is 12.4 Å². The van der Waals surface area contributed by atoms with Crippen LogP contribution in [0, 0.1) is 0 Å². The molecule has 1 aromatic carbocycles. The van der Waals surface area contributed by atoms with E-state index in [4.69, 9.17) is 9.84 Å². The molecule has 1 atom stereocenters. The average molecular weight is 328 g/mol. The summed E-state index contributed by atoms with van der Waals surface area (Å²) >= 11 is 3.27. The minimum atomic E-state index is -4.59. The third-order valence-corrected chi connectivity index (χ3v) is 2.55. The van der Waals surface area contributed by atoms with Gasteiger partial charge in [-0.15, -0.1) is 0 Å². The lowest BCUT2D eigenvalue weighted by atomic mass is 10.3. The Labute approximate surface area is 111 Å². The maximum atomic E-state index is 11.9.